The lowest BCUT2D eigenvalue weighted by molar-refractivity contribution is 0.439. The Labute approximate surface area is 102 Å². The summed E-state index contributed by atoms with van der Waals surface area (Å²) in [6.45, 7) is 1.82. The third-order valence-corrected chi connectivity index (χ3v) is 3.33. The molecule has 0 amide bonds. The maximum absolute atomic E-state index is 5.68. The number of piperidine rings is 1. The lowest BCUT2D eigenvalue weighted by Crippen LogP contribution is -2.41. The molecule has 1 aromatic heterocycles. The molecule has 2 rings (SSSR count). The minimum absolute atomic E-state index is 0.536. The van der Waals surface area contributed by atoms with Gasteiger partial charge in [-0.05, 0) is 32.2 Å². The first-order valence-electron chi connectivity index (χ1n) is 6.31. The van der Waals surface area contributed by atoms with Crippen LogP contribution in [0.2, 0.25) is 0 Å². The van der Waals surface area contributed by atoms with Crippen molar-refractivity contribution >= 4 is 11.6 Å². The Balaban J connectivity index is 2.16. The van der Waals surface area contributed by atoms with E-state index in [4.69, 9.17) is 5.73 Å². The number of anilines is 2. The van der Waals surface area contributed by atoms with Gasteiger partial charge in [-0.2, -0.15) is 0 Å². The first-order chi connectivity index (χ1) is 8.35. The van der Waals surface area contributed by atoms with Crippen LogP contribution in [0.5, 0.6) is 0 Å². The van der Waals surface area contributed by atoms with Crippen LogP contribution in [-0.4, -0.2) is 36.1 Å². The van der Waals surface area contributed by atoms with Crippen LogP contribution in [0.25, 0.3) is 0 Å². The van der Waals surface area contributed by atoms with E-state index in [2.05, 4.69) is 20.2 Å². The molecule has 5 nitrogen and oxygen atoms in total. The first-order valence-corrected chi connectivity index (χ1v) is 6.31. The molecule has 5 heteroatoms. The zero-order valence-electron chi connectivity index (χ0n) is 10.4. The molecule has 0 saturated carbocycles. The molecule has 0 aliphatic carbocycles. The summed E-state index contributed by atoms with van der Waals surface area (Å²) in [5, 5.41) is 3.05. The van der Waals surface area contributed by atoms with Crippen molar-refractivity contribution in [3.63, 3.8) is 0 Å². The smallest absolute Gasteiger partial charge is 0.134 e. The van der Waals surface area contributed by atoms with Gasteiger partial charge in [0.25, 0.3) is 0 Å². The minimum Gasteiger partial charge on any atom is -0.373 e. The van der Waals surface area contributed by atoms with Gasteiger partial charge in [-0.25, -0.2) is 9.97 Å². The molecule has 0 radical (unpaired) electrons. The Morgan fingerprint density at radius 2 is 2.35 bits per heavy atom. The Bertz CT molecular complexity index is 353. The number of nitrogens with zero attached hydrogens (tertiary/aromatic N) is 3. The molecule has 0 spiro atoms. The van der Waals surface area contributed by atoms with Crippen molar-refractivity contribution < 1.29 is 0 Å². The van der Waals surface area contributed by atoms with Crippen LogP contribution in [-0.2, 0) is 0 Å². The second kappa shape index (κ2) is 5.82. The van der Waals surface area contributed by atoms with E-state index in [9.17, 15) is 0 Å². The molecule has 2 heterocycles. The number of hydrogen-bond acceptors (Lipinski definition) is 5. The number of rotatable bonds is 4. The van der Waals surface area contributed by atoms with Crippen molar-refractivity contribution in [1.82, 2.24) is 9.97 Å². The average Bonchev–Trinajstić information content (AvgIpc) is 2.40. The van der Waals surface area contributed by atoms with Gasteiger partial charge >= 0.3 is 0 Å². The molecular formula is C12H21N5. The molecule has 1 fully saturated rings. The zero-order valence-corrected chi connectivity index (χ0v) is 10.4. The fourth-order valence-corrected chi connectivity index (χ4v) is 2.44. The lowest BCUT2D eigenvalue weighted by atomic mass is 9.99. The van der Waals surface area contributed by atoms with Crippen LogP contribution in [0, 0.1) is 0 Å². The standard InChI is InChI=1S/C12H21N5/c1-14-11-8-12(16-9-15-11)17-7-3-2-4-10(17)5-6-13/h8-10H,2-7,13H2,1H3,(H,14,15,16). The van der Waals surface area contributed by atoms with Gasteiger partial charge in [0, 0.05) is 25.7 Å². The Hall–Kier alpha value is -1.36. The summed E-state index contributed by atoms with van der Waals surface area (Å²) in [4.78, 5) is 10.9. The molecular weight excluding hydrogens is 214 g/mol. The van der Waals surface area contributed by atoms with Crippen molar-refractivity contribution in [3.05, 3.63) is 12.4 Å². The highest BCUT2D eigenvalue weighted by Crippen LogP contribution is 2.25. The Morgan fingerprint density at radius 3 is 3.12 bits per heavy atom. The third-order valence-electron chi connectivity index (χ3n) is 3.33. The topological polar surface area (TPSA) is 67.1 Å². The van der Waals surface area contributed by atoms with E-state index in [1.807, 2.05) is 13.1 Å². The first kappa shape index (κ1) is 12.1. The Kier molecular flexibility index (Phi) is 4.14. The van der Waals surface area contributed by atoms with Gasteiger partial charge in [0.2, 0.25) is 0 Å². The monoisotopic (exact) mass is 235 g/mol. The van der Waals surface area contributed by atoms with E-state index in [0.29, 0.717) is 6.04 Å². The van der Waals surface area contributed by atoms with E-state index >= 15 is 0 Å². The van der Waals surface area contributed by atoms with Crippen LogP contribution in [0.15, 0.2) is 12.4 Å². The average molecular weight is 235 g/mol. The molecule has 0 aromatic carbocycles. The lowest BCUT2D eigenvalue weighted by Gasteiger charge is -2.36. The minimum atomic E-state index is 0.536. The van der Waals surface area contributed by atoms with Gasteiger partial charge in [-0.15, -0.1) is 0 Å². The highest BCUT2D eigenvalue weighted by Gasteiger charge is 2.22. The quantitative estimate of drug-likeness (QED) is 0.821. The van der Waals surface area contributed by atoms with Gasteiger partial charge in [0.15, 0.2) is 0 Å². The molecule has 1 aromatic rings. The van der Waals surface area contributed by atoms with Crippen molar-refractivity contribution in [3.8, 4) is 0 Å². The second-order valence-corrected chi connectivity index (χ2v) is 4.43. The zero-order chi connectivity index (χ0) is 12.1. The maximum atomic E-state index is 5.68. The van der Waals surface area contributed by atoms with Gasteiger partial charge < -0.3 is 16.0 Å². The van der Waals surface area contributed by atoms with Crippen LogP contribution in [0.4, 0.5) is 11.6 Å². The summed E-state index contributed by atoms with van der Waals surface area (Å²) >= 11 is 0. The largest absolute Gasteiger partial charge is 0.373 e. The van der Waals surface area contributed by atoms with Gasteiger partial charge in [-0.3, -0.25) is 0 Å². The fourth-order valence-electron chi connectivity index (χ4n) is 2.44. The van der Waals surface area contributed by atoms with Gasteiger partial charge in [0.05, 0.1) is 0 Å². The van der Waals surface area contributed by atoms with Crippen LogP contribution in [0.1, 0.15) is 25.7 Å². The summed E-state index contributed by atoms with van der Waals surface area (Å²) in [5.41, 5.74) is 5.68. The van der Waals surface area contributed by atoms with E-state index in [-0.39, 0.29) is 0 Å². The van der Waals surface area contributed by atoms with Crippen molar-refractivity contribution in [2.75, 3.05) is 30.4 Å². The molecule has 1 aliphatic rings. The molecule has 1 saturated heterocycles. The summed E-state index contributed by atoms with van der Waals surface area (Å²) in [6.07, 6.45) is 6.41. The van der Waals surface area contributed by atoms with Crippen molar-refractivity contribution in [1.29, 1.82) is 0 Å². The summed E-state index contributed by atoms with van der Waals surface area (Å²) in [6, 6.07) is 2.54. The molecule has 1 atom stereocenters. The Morgan fingerprint density at radius 1 is 1.47 bits per heavy atom. The molecule has 0 bridgehead atoms. The summed E-state index contributed by atoms with van der Waals surface area (Å²) < 4.78 is 0. The van der Waals surface area contributed by atoms with Gasteiger partial charge in [0.1, 0.15) is 18.0 Å². The third kappa shape index (κ3) is 2.85. The molecule has 1 unspecified atom stereocenters. The van der Waals surface area contributed by atoms with Crippen LogP contribution >= 0.6 is 0 Å². The van der Waals surface area contributed by atoms with E-state index in [1.54, 1.807) is 6.33 Å². The van der Waals surface area contributed by atoms with Crippen molar-refractivity contribution in [2.45, 2.75) is 31.7 Å². The highest BCUT2D eigenvalue weighted by atomic mass is 15.2. The fraction of sp³-hybridized carbons (Fsp3) is 0.667. The molecule has 17 heavy (non-hydrogen) atoms. The van der Waals surface area contributed by atoms with Crippen molar-refractivity contribution in [2.24, 2.45) is 5.73 Å². The number of nitrogens with two attached hydrogens (primary N) is 1. The predicted molar refractivity (Wildman–Crippen MR) is 70.2 cm³/mol. The predicted octanol–water partition coefficient (Wildman–Crippen LogP) is 1.23. The maximum Gasteiger partial charge on any atom is 0.134 e. The van der Waals surface area contributed by atoms with E-state index in [0.717, 1.165) is 31.1 Å². The van der Waals surface area contributed by atoms with Crippen LogP contribution < -0.4 is 16.0 Å². The highest BCUT2D eigenvalue weighted by molar-refractivity contribution is 5.49. The molecule has 1 aliphatic heterocycles. The number of hydrogen-bond donors (Lipinski definition) is 2. The number of nitrogens with one attached hydrogen (secondary N) is 1. The number of aromatic nitrogens is 2. The SMILES string of the molecule is CNc1cc(N2CCCCC2CCN)ncn1. The van der Waals surface area contributed by atoms with E-state index < -0.39 is 0 Å². The molecule has 94 valence electrons. The normalized spacial score (nSPS) is 20.4. The van der Waals surface area contributed by atoms with Crippen LogP contribution in [0.3, 0.4) is 0 Å². The molecule has 3 N–H and O–H groups in total. The second-order valence-electron chi connectivity index (χ2n) is 4.43. The van der Waals surface area contributed by atoms with E-state index in [1.165, 1.54) is 19.3 Å². The summed E-state index contributed by atoms with van der Waals surface area (Å²) in [5.74, 6) is 1.88. The summed E-state index contributed by atoms with van der Waals surface area (Å²) in [7, 11) is 1.87. The van der Waals surface area contributed by atoms with Gasteiger partial charge in [-0.1, -0.05) is 0 Å².